The lowest BCUT2D eigenvalue weighted by molar-refractivity contribution is -0.124. The zero-order chi connectivity index (χ0) is 46.5. The van der Waals surface area contributed by atoms with Crippen LogP contribution in [0.1, 0.15) is 322 Å². The molecule has 0 fully saturated rings. The molecular weight excluding hydrogens is 787 g/mol. The van der Waals surface area contributed by atoms with Gasteiger partial charge in [-0.1, -0.05) is 295 Å². The number of hydrogen-bond donors (Lipinski definition) is 4. The molecule has 0 aromatic carbocycles. The fourth-order valence-electron chi connectivity index (χ4n) is 9.28. The summed E-state index contributed by atoms with van der Waals surface area (Å²) >= 11 is 0. The fraction of sp³-hybridized carbons (Fsp3) is 0.915. The molecule has 380 valence electrons. The van der Waals surface area contributed by atoms with Gasteiger partial charge in [0.25, 0.3) is 0 Å². The minimum Gasteiger partial charge on any atom is -0.394 e. The van der Waals surface area contributed by atoms with Gasteiger partial charge in [-0.15, -0.1) is 0 Å². The summed E-state index contributed by atoms with van der Waals surface area (Å²) < 4.78 is 0. The van der Waals surface area contributed by atoms with Crippen LogP contribution in [0.5, 0.6) is 0 Å². The van der Waals surface area contributed by atoms with E-state index < -0.39 is 18.2 Å². The van der Waals surface area contributed by atoms with Crippen LogP contribution in [0.15, 0.2) is 24.3 Å². The fourth-order valence-corrected chi connectivity index (χ4v) is 9.28. The van der Waals surface area contributed by atoms with Crippen LogP contribution in [0.4, 0.5) is 0 Å². The highest BCUT2D eigenvalue weighted by molar-refractivity contribution is 5.76. The van der Waals surface area contributed by atoms with Crippen molar-refractivity contribution in [3.05, 3.63) is 24.3 Å². The Bertz CT molecular complexity index is 951. The van der Waals surface area contributed by atoms with Gasteiger partial charge in [0, 0.05) is 0 Å². The number of amides is 1. The van der Waals surface area contributed by atoms with E-state index in [1.54, 1.807) is 6.08 Å². The van der Waals surface area contributed by atoms with Crippen LogP contribution >= 0.6 is 0 Å². The number of aliphatic hydroxyl groups is 3. The molecule has 0 bridgehead atoms. The van der Waals surface area contributed by atoms with Crippen molar-refractivity contribution in [2.75, 3.05) is 6.61 Å². The van der Waals surface area contributed by atoms with Crippen molar-refractivity contribution in [1.82, 2.24) is 5.32 Å². The average Bonchev–Trinajstić information content (AvgIpc) is 3.29. The third kappa shape index (κ3) is 50.2. The van der Waals surface area contributed by atoms with E-state index in [0.29, 0.717) is 6.42 Å². The molecule has 0 saturated heterocycles. The Balaban J connectivity index is 3.49. The van der Waals surface area contributed by atoms with Crippen LogP contribution in [0, 0.1) is 0 Å². The molecular formula is C59H115NO4. The molecule has 0 aromatic heterocycles. The van der Waals surface area contributed by atoms with E-state index in [0.717, 1.165) is 25.7 Å². The molecule has 5 nitrogen and oxygen atoms in total. The second-order valence-corrected chi connectivity index (χ2v) is 20.3. The van der Waals surface area contributed by atoms with Gasteiger partial charge < -0.3 is 20.6 Å². The molecule has 0 radical (unpaired) electrons. The predicted octanol–water partition coefficient (Wildman–Crippen LogP) is 18.1. The number of nitrogens with one attached hydrogen (secondary N) is 1. The zero-order valence-corrected chi connectivity index (χ0v) is 43.4. The maximum absolute atomic E-state index is 12.5. The SMILES string of the molecule is CCCCCCCCCCCCCCCC/C=C\CCCCCCCCCCCCCCCCCC(O)CC(=O)NC(CO)C(O)/C=C/CCCCCCCCCCCCCCCC. The van der Waals surface area contributed by atoms with E-state index in [1.165, 1.54) is 270 Å². The normalized spacial score (nSPS) is 13.4. The summed E-state index contributed by atoms with van der Waals surface area (Å²) in [7, 11) is 0. The van der Waals surface area contributed by atoms with Gasteiger partial charge in [0.05, 0.1) is 31.3 Å². The van der Waals surface area contributed by atoms with Crippen molar-refractivity contribution in [3.63, 3.8) is 0 Å². The van der Waals surface area contributed by atoms with Gasteiger partial charge in [-0.2, -0.15) is 0 Å². The lowest BCUT2D eigenvalue weighted by Gasteiger charge is -2.21. The van der Waals surface area contributed by atoms with Crippen molar-refractivity contribution < 1.29 is 20.1 Å². The highest BCUT2D eigenvalue weighted by Gasteiger charge is 2.20. The van der Waals surface area contributed by atoms with Gasteiger partial charge in [0.1, 0.15) is 0 Å². The first-order valence-corrected chi connectivity index (χ1v) is 29.1. The monoisotopic (exact) mass is 902 g/mol. The molecule has 1 amide bonds. The van der Waals surface area contributed by atoms with E-state index in [4.69, 9.17) is 0 Å². The molecule has 5 heteroatoms. The number of carbonyl (C=O) groups excluding carboxylic acids is 1. The van der Waals surface area contributed by atoms with E-state index in [-0.39, 0.29) is 18.9 Å². The summed E-state index contributed by atoms with van der Waals surface area (Å²) in [6, 6.07) is -0.742. The van der Waals surface area contributed by atoms with Gasteiger partial charge in [-0.25, -0.2) is 0 Å². The molecule has 0 aliphatic carbocycles. The summed E-state index contributed by atoms with van der Waals surface area (Å²) in [6.07, 6.45) is 69.5. The molecule has 0 aromatic rings. The van der Waals surface area contributed by atoms with Crippen LogP contribution in [0.3, 0.4) is 0 Å². The Morgan fingerprint density at radius 2 is 0.656 bits per heavy atom. The maximum Gasteiger partial charge on any atom is 0.222 e. The molecule has 0 heterocycles. The van der Waals surface area contributed by atoms with E-state index in [2.05, 4.69) is 31.3 Å². The van der Waals surface area contributed by atoms with Crippen LogP contribution in [-0.4, -0.2) is 46.1 Å². The largest absolute Gasteiger partial charge is 0.394 e. The third-order valence-electron chi connectivity index (χ3n) is 13.7. The summed E-state index contributed by atoms with van der Waals surface area (Å²) in [4.78, 5) is 12.5. The number of allylic oxidation sites excluding steroid dienone is 3. The second kappa shape index (κ2) is 54.4. The topological polar surface area (TPSA) is 89.8 Å². The van der Waals surface area contributed by atoms with Gasteiger partial charge in [-0.05, 0) is 44.9 Å². The summed E-state index contributed by atoms with van der Waals surface area (Å²) in [5.74, 6) is -0.310. The summed E-state index contributed by atoms with van der Waals surface area (Å²) in [5.41, 5.74) is 0. The molecule has 4 N–H and O–H groups in total. The standard InChI is InChI=1S/C59H115NO4/c1-3-5-7-9-11-13-15-17-19-21-22-23-24-25-26-27-28-29-30-31-32-33-34-35-36-37-38-40-42-44-46-48-50-52-56(62)54-59(64)60-57(55-61)58(63)53-51-49-47-45-43-41-39-20-18-16-14-12-10-8-6-4-2/h27-28,51,53,56-58,61-63H,3-26,29-50,52,54-55H2,1-2H3,(H,60,64)/b28-27-,53-51+. The lowest BCUT2D eigenvalue weighted by atomic mass is 10.0. The molecule has 3 unspecified atom stereocenters. The molecule has 64 heavy (non-hydrogen) atoms. The molecule has 0 rings (SSSR count). The first-order chi connectivity index (χ1) is 31.5. The third-order valence-corrected chi connectivity index (χ3v) is 13.7. The smallest absolute Gasteiger partial charge is 0.222 e. The molecule has 0 aliphatic rings. The van der Waals surface area contributed by atoms with Crippen molar-refractivity contribution >= 4 is 5.91 Å². The van der Waals surface area contributed by atoms with Crippen molar-refractivity contribution in [2.45, 2.75) is 340 Å². The Kier molecular flexibility index (Phi) is 53.4. The molecule has 0 saturated carbocycles. The van der Waals surface area contributed by atoms with E-state index in [9.17, 15) is 20.1 Å². The predicted molar refractivity (Wildman–Crippen MR) is 282 cm³/mol. The second-order valence-electron chi connectivity index (χ2n) is 20.3. The van der Waals surface area contributed by atoms with Crippen molar-refractivity contribution in [1.29, 1.82) is 0 Å². The summed E-state index contributed by atoms with van der Waals surface area (Å²) in [6.45, 7) is 4.25. The number of hydrogen-bond acceptors (Lipinski definition) is 4. The van der Waals surface area contributed by atoms with Crippen LogP contribution in [0.25, 0.3) is 0 Å². The first-order valence-electron chi connectivity index (χ1n) is 29.1. The highest BCUT2D eigenvalue weighted by Crippen LogP contribution is 2.18. The number of carbonyl (C=O) groups is 1. The van der Waals surface area contributed by atoms with Crippen LogP contribution in [-0.2, 0) is 4.79 Å². The molecule has 0 aliphatic heterocycles. The Hall–Kier alpha value is -1.17. The Morgan fingerprint density at radius 3 is 0.953 bits per heavy atom. The average molecular weight is 903 g/mol. The summed E-state index contributed by atoms with van der Waals surface area (Å²) in [5, 5.41) is 33.4. The quantitative estimate of drug-likeness (QED) is 0.0362. The van der Waals surface area contributed by atoms with E-state index >= 15 is 0 Å². The first kappa shape index (κ1) is 62.8. The number of rotatable bonds is 54. The zero-order valence-electron chi connectivity index (χ0n) is 43.4. The lowest BCUT2D eigenvalue weighted by Crippen LogP contribution is -2.45. The minimum atomic E-state index is -0.927. The number of aliphatic hydroxyl groups excluding tert-OH is 3. The van der Waals surface area contributed by atoms with Crippen LogP contribution in [0.2, 0.25) is 0 Å². The highest BCUT2D eigenvalue weighted by atomic mass is 16.3. The maximum atomic E-state index is 12.5. The number of unbranched alkanes of at least 4 members (excludes halogenated alkanes) is 43. The van der Waals surface area contributed by atoms with Gasteiger partial charge >= 0.3 is 0 Å². The molecule has 3 atom stereocenters. The van der Waals surface area contributed by atoms with Gasteiger partial charge in [0.2, 0.25) is 5.91 Å². The van der Waals surface area contributed by atoms with Crippen LogP contribution < -0.4 is 5.32 Å². The Morgan fingerprint density at radius 1 is 0.391 bits per heavy atom. The van der Waals surface area contributed by atoms with Gasteiger partial charge in [-0.3, -0.25) is 4.79 Å². The minimum absolute atomic E-state index is 0.0171. The molecule has 0 spiro atoms. The Labute approximate surface area is 401 Å². The van der Waals surface area contributed by atoms with E-state index in [1.807, 2.05) is 6.08 Å². The van der Waals surface area contributed by atoms with Crippen molar-refractivity contribution in [3.8, 4) is 0 Å². The van der Waals surface area contributed by atoms with Gasteiger partial charge in [0.15, 0.2) is 0 Å². The van der Waals surface area contributed by atoms with Crippen molar-refractivity contribution in [2.24, 2.45) is 0 Å².